The van der Waals surface area contributed by atoms with E-state index in [9.17, 15) is 5.11 Å². The van der Waals surface area contributed by atoms with Gasteiger partial charge in [0.15, 0.2) is 0 Å². The molecule has 0 radical (unpaired) electrons. The number of aliphatic hydroxyl groups excluding tert-OH is 1. The maximum absolute atomic E-state index is 9.88. The third kappa shape index (κ3) is 2.99. The van der Waals surface area contributed by atoms with Gasteiger partial charge in [-0.2, -0.15) is 0 Å². The summed E-state index contributed by atoms with van der Waals surface area (Å²) in [6, 6.07) is 11.2. The minimum atomic E-state index is -0.0414. The molecule has 3 rings (SSSR count). The summed E-state index contributed by atoms with van der Waals surface area (Å²) >= 11 is 0. The van der Waals surface area contributed by atoms with E-state index in [1.54, 1.807) is 0 Å². The molecule has 1 heterocycles. The number of nitrogens with zero attached hydrogens (tertiary/aromatic N) is 1. The molecule has 2 N–H and O–H groups in total. The highest BCUT2D eigenvalue weighted by atomic mass is 16.3. The van der Waals surface area contributed by atoms with Crippen LogP contribution in [0.1, 0.15) is 38.5 Å². The molecule has 0 amide bonds. The largest absolute Gasteiger partial charge is 0.394 e. The Morgan fingerprint density at radius 2 is 1.75 bits per heavy atom. The molecule has 0 atom stereocenters. The third-order valence-corrected chi connectivity index (χ3v) is 5.01. The lowest BCUT2D eigenvalue weighted by atomic mass is 9.87. The second-order valence-corrected chi connectivity index (χ2v) is 6.39. The van der Waals surface area contributed by atoms with Crippen LogP contribution in [0.5, 0.6) is 0 Å². The second kappa shape index (κ2) is 6.15. The molecule has 3 heteroatoms. The maximum Gasteiger partial charge on any atom is 0.0614 e. The number of hydrogen-bond donors (Lipinski definition) is 2. The van der Waals surface area contributed by atoms with Crippen molar-refractivity contribution in [1.29, 1.82) is 0 Å². The van der Waals surface area contributed by atoms with Gasteiger partial charge in [-0.1, -0.05) is 31.0 Å². The van der Waals surface area contributed by atoms with Crippen molar-refractivity contribution in [2.24, 2.45) is 0 Å². The SMILES string of the molecule is OCC1(NC2CCCC2)CCN(c2ccccc2)CC1. The Morgan fingerprint density at radius 1 is 1.10 bits per heavy atom. The maximum atomic E-state index is 9.88. The van der Waals surface area contributed by atoms with Crippen LogP contribution < -0.4 is 10.2 Å². The molecule has 1 aliphatic heterocycles. The van der Waals surface area contributed by atoms with E-state index in [1.807, 2.05) is 0 Å². The molecule has 2 fully saturated rings. The van der Waals surface area contributed by atoms with Crippen molar-refractivity contribution < 1.29 is 5.11 Å². The van der Waals surface area contributed by atoms with E-state index in [2.05, 4.69) is 40.5 Å². The summed E-state index contributed by atoms with van der Waals surface area (Å²) in [5, 5.41) is 13.7. The molecular weight excluding hydrogens is 248 g/mol. The Labute approximate surface area is 122 Å². The summed E-state index contributed by atoms with van der Waals surface area (Å²) in [5.41, 5.74) is 1.26. The Kier molecular flexibility index (Phi) is 4.27. The molecule has 110 valence electrons. The predicted molar refractivity (Wildman–Crippen MR) is 83.1 cm³/mol. The minimum Gasteiger partial charge on any atom is -0.394 e. The smallest absolute Gasteiger partial charge is 0.0614 e. The van der Waals surface area contributed by atoms with Crippen LogP contribution in [0, 0.1) is 0 Å². The fraction of sp³-hybridized carbons (Fsp3) is 0.647. The van der Waals surface area contributed by atoms with Gasteiger partial charge < -0.3 is 15.3 Å². The first-order valence-electron chi connectivity index (χ1n) is 8.00. The Bertz CT molecular complexity index is 406. The van der Waals surface area contributed by atoms with Gasteiger partial charge >= 0.3 is 0 Å². The van der Waals surface area contributed by atoms with Gasteiger partial charge in [0.1, 0.15) is 0 Å². The first-order chi connectivity index (χ1) is 9.81. The quantitative estimate of drug-likeness (QED) is 0.886. The molecule has 3 nitrogen and oxygen atoms in total. The summed E-state index contributed by atoms with van der Waals surface area (Å²) in [6.45, 7) is 2.33. The van der Waals surface area contributed by atoms with Crippen molar-refractivity contribution in [2.45, 2.75) is 50.1 Å². The zero-order chi connectivity index (χ0) is 13.8. The Balaban J connectivity index is 1.60. The molecular formula is C17H26N2O. The highest BCUT2D eigenvalue weighted by Crippen LogP contribution is 2.29. The van der Waals surface area contributed by atoms with E-state index in [-0.39, 0.29) is 12.1 Å². The highest BCUT2D eigenvalue weighted by Gasteiger charge is 2.36. The van der Waals surface area contributed by atoms with E-state index < -0.39 is 0 Å². The molecule has 1 saturated heterocycles. The summed E-state index contributed by atoms with van der Waals surface area (Å²) in [4.78, 5) is 2.43. The van der Waals surface area contributed by atoms with Gasteiger partial charge in [-0.05, 0) is 37.8 Å². The predicted octanol–water partition coefficient (Wildman–Crippen LogP) is 2.55. The van der Waals surface area contributed by atoms with Crippen molar-refractivity contribution in [3.63, 3.8) is 0 Å². The molecule has 1 aliphatic carbocycles. The van der Waals surface area contributed by atoms with Gasteiger partial charge in [-0.15, -0.1) is 0 Å². The Hall–Kier alpha value is -1.06. The summed E-state index contributed by atoms with van der Waals surface area (Å²) in [5.74, 6) is 0. The molecule has 0 spiro atoms. The average molecular weight is 274 g/mol. The summed E-state index contributed by atoms with van der Waals surface area (Å²) in [6.07, 6.45) is 7.32. The van der Waals surface area contributed by atoms with E-state index in [4.69, 9.17) is 0 Å². The lowest BCUT2D eigenvalue weighted by molar-refractivity contribution is 0.121. The first kappa shape index (κ1) is 13.9. The molecule has 1 aromatic carbocycles. The highest BCUT2D eigenvalue weighted by molar-refractivity contribution is 5.46. The number of para-hydroxylation sites is 1. The molecule has 0 unspecified atom stereocenters. The van der Waals surface area contributed by atoms with Crippen LogP contribution in [-0.4, -0.2) is 36.4 Å². The van der Waals surface area contributed by atoms with Gasteiger partial charge in [0.25, 0.3) is 0 Å². The van der Waals surface area contributed by atoms with Crippen molar-refractivity contribution in [1.82, 2.24) is 5.32 Å². The molecule has 0 aromatic heterocycles. The fourth-order valence-electron chi connectivity index (χ4n) is 3.68. The molecule has 2 aliphatic rings. The van der Waals surface area contributed by atoms with Crippen LogP contribution in [0.15, 0.2) is 30.3 Å². The van der Waals surface area contributed by atoms with E-state index in [0.717, 1.165) is 25.9 Å². The van der Waals surface area contributed by atoms with Crippen molar-refractivity contribution in [3.05, 3.63) is 30.3 Å². The minimum absolute atomic E-state index is 0.0414. The van der Waals surface area contributed by atoms with E-state index in [1.165, 1.54) is 31.4 Å². The van der Waals surface area contributed by atoms with Gasteiger partial charge in [-0.25, -0.2) is 0 Å². The number of piperidine rings is 1. The van der Waals surface area contributed by atoms with Crippen LogP contribution in [0.2, 0.25) is 0 Å². The van der Waals surface area contributed by atoms with Crippen LogP contribution in [0.25, 0.3) is 0 Å². The van der Waals surface area contributed by atoms with E-state index in [0.29, 0.717) is 6.04 Å². The first-order valence-corrected chi connectivity index (χ1v) is 8.00. The van der Waals surface area contributed by atoms with E-state index >= 15 is 0 Å². The third-order valence-electron chi connectivity index (χ3n) is 5.01. The molecule has 1 saturated carbocycles. The lowest BCUT2D eigenvalue weighted by Gasteiger charge is -2.43. The number of benzene rings is 1. The standard InChI is InChI=1S/C17H26N2O/c20-14-17(18-15-6-4-5-7-15)10-12-19(13-11-17)16-8-2-1-3-9-16/h1-3,8-9,15,18,20H,4-7,10-14H2. The van der Waals surface area contributed by atoms with Gasteiger partial charge in [0.05, 0.1) is 6.61 Å². The van der Waals surface area contributed by atoms with Gasteiger partial charge in [-0.3, -0.25) is 0 Å². The topological polar surface area (TPSA) is 35.5 Å². The number of rotatable bonds is 4. The number of anilines is 1. The number of hydrogen-bond acceptors (Lipinski definition) is 3. The van der Waals surface area contributed by atoms with Crippen molar-refractivity contribution in [3.8, 4) is 0 Å². The number of aliphatic hydroxyl groups is 1. The van der Waals surface area contributed by atoms with Crippen LogP contribution in [0.4, 0.5) is 5.69 Å². The lowest BCUT2D eigenvalue weighted by Crippen LogP contribution is -2.58. The molecule has 1 aromatic rings. The Morgan fingerprint density at radius 3 is 2.35 bits per heavy atom. The average Bonchev–Trinajstić information content (AvgIpc) is 3.02. The normalized spacial score (nSPS) is 23.1. The van der Waals surface area contributed by atoms with Crippen molar-refractivity contribution in [2.75, 3.05) is 24.6 Å². The zero-order valence-electron chi connectivity index (χ0n) is 12.2. The van der Waals surface area contributed by atoms with Crippen LogP contribution >= 0.6 is 0 Å². The fourth-order valence-corrected chi connectivity index (χ4v) is 3.68. The van der Waals surface area contributed by atoms with Gasteiger partial charge in [0.2, 0.25) is 0 Å². The second-order valence-electron chi connectivity index (χ2n) is 6.39. The van der Waals surface area contributed by atoms with Crippen LogP contribution in [0.3, 0.4) is 0 Å². The molecule has 20 heavy (non-hydrogen) atoms. The molecule has 0 bridgehead atoms. The van der Waals surface area contributed by atoms with Gasteiger partial charge in [0, 0.05) is 30.4 Å². The monoisotopic (exact) mass is 274 g/mol. The zero-order valence-corrected chi connectivity index (χ0v) is 12.2. The summed E-state index contributed by atoms with van der Waals surface area (Å²) in [7, 11) is 0. The summed E-state index contributed by atoms with van der Waals surface area (Å²) < 4.78 is 0. The number of nitrogens with one attached hydrogen (secondary N) is 1. The van der Waals surface area contributed by atoms with Crippen molar-refractivity contribution >= 4 is 5.69 Å². The van der Waals surface area contributed by atoms with Crippen LogP contribution in [-0.2, 0) is 0 Å².